The van der Waals surface area contributed by atoms with Crippen LogP contribution in [0.25, 0.3) is 11.4 Å². The lowest BCUT2D eigenvalue weighted by Crippen LogP contribution is -2.34. The second-order valence-electron chi connectivity index (χ2n) is 7.14. The Kier molecular flexibility index (Phi) is 3.95. The van der Waals surface area contributed by atoms with Gasteiger partial charge in [0, 0.05) is 11.6 Å². The Morgan fingerprint density at radius 2 is 2.15 bits per heavy atom. The molecule has 1 aromatic carbocycles. The van der Waals surface area contributed by atoms with E-state index >= 15 is 0 Å². The molecule has 136 valence electrons. The molecule has 2 aromatic heterocycles. The van der Waals surface area contributed by atoms with E-state index in [0.29, 0.717) is 24.5 Å². The van der Waals surface area contributed by atoms with Crippen molar-refractivity contribution in [2.45, 2.75) is 32.2 Å². The summed E-state index contributed by atoms with van der Waals surface area (Å²) in [5, 5.41) is 8.66. The molecule has 1 unspecified atom stereocenters. The van der Waals surface area contributed by atoms with Gasteiger partial charge in [0.1, 0.15) is 12.1 Å². The summed E-state index contributed by atoms with van der Waals surface area (Å²) in [6, 6.07) is 9.73. The largest absolute Gasteiger partial charge is 0.364 e. The van der Waals surface area contributed by atoms with Crippen molar-refractivity contribution in [2.24, 2.45) is 0 Å². The van der Waals surface area contributed by atoms with Gasteiger partial charge in [0.15, 0.2) is 15.7 Å². The third-order valence-corrected chi connectivity index (χ3v) is 6.66. The van der Waals surface area contributed by atoms with Crippen LogP contribution >= 0.6 is 0 Å². The Hall–Kier alpha value is -2.48. The Labute approximate surface area is 152 Å². The zero-order valence-corrected chi connectivity index (χ0v) is 15.5. The van der Waals surface area contributed by atoms with Gasteiger partial charge >= 0.3 is 0 Å². The molecule has 7 nitrogen and oxygen atoms in total. The number of hydrogen-bond acceptors (Lipinski definition) is 6. The summed E-state index contributed by atoms with van der Waals surface area (Å²) in [6.07, 6.45) is 2.47. The lowest BCUT2D eigenvalue weighted by molar-refractivity contribution is 0.317. The first-order valence-corrected chi connectivity index (χ1v) is 10.3. The van der Waals surface area contributed by atoms with E-state index in [2.05, 4.69) is 5.16 Å². The molecule has 1 aliphatic rings. The smallest absolute Gasteiger partial charge is 0.181 e. The Morgan fingerprint density at radius 1 is 1.31 bits per heavy atom. The summed E-state index contributed by atoms with van der Waals surface area (Å²) in [4.78, 5) is 4.71. The molecule has 1 saturated heterocycles. The third-order valence-electron chi connectivity index (χ3n) is 4.77. The van der Waals surface area contributed by atoms with Crippen LogP contribution in [0.2, 0.25) is 0 Å². The molecule has 0 aliphatic carbocycles. The van der Waals surface area contributed by atoms with E-state index in [1.807, 2.05) is 38.1 Å². The van der Waals surface area contributed by atoms with Crippen molar-refractivity contribution in [2.75, 3.05) is 11.5 Å². The third kappa shape index (κ3) is 3.16. The van der Waals surface area contributed by atoms with Crippen molar-refractivity contribution in [3.63, 3.8) is 0 Å². The van der Waals surface area contributed by atoms with Gasteiger partial charge < -0.3 is 4.52 Å². The predicted molar refractivity (Wildman–Crippen MR) is 96.4 cm³/mol. The lowest BCUT2D eigenvalue weighted by Gasteiger charge is -2.24. The molecule has 0 saturated carbocycles. The van der Waals surface area contributed by atoms with E-state index in [-0.39, 0.29) is 11.5 Å². The molecule has 4 rings (SSSR count). The lowest BCUT2D eigenvalue weighted by atomic mass is 10.0. The van der Waals surface area contributed by atoms with Gasteiger partial charge in [-0.25, -0.2) is 18.1 Å². The van der Waals surface area contributed by atoms with Gasteiger partial charge in [-0.15, -0.1) is 0 Å². The first kappa shape index (κ1) is 17.0. The van der Waals surface area contributed by atoms with Crippen molar-refractivity contribution < 1.29 is 12.9 Å². The topological polar surface area (TPSA) is 90.9 Å². The average Bonchev–Trinajstić information content (AvgIpc) is 3.28. The number of aryl methyl sites for hydroxylation is 1. The predicted octanol–water partition coefficient (Wildman–Crippen LogP) is 2.37. The molecule has 0 spiro atoms. The van der Waals surface area contributed by atoms with Crippen LogP contribution in [0.4, 0.5) is 0 Å². The highest BCUT2D eigenvalue weighted by molar-refractivity contribution is 7.91. The molecular formula is C18H20N4O3S. The van der Waals surface area contributed by atoms with Gasteiger partial charge in [-0.2, -0.15) is 5.10 Å². The number of rotatable bonds is 4. The first-order valence-electron chi connectivity index (χ1n) is 8.48. The van der Waals surface area contributed by atoms with Crippen LogP contribution in [0.5, 0.6) is 0 Å². The summed E-state index contributed by atoms with van der Waals surface area (Å²) >= 11 is 0. The van der Waals surface area contributed by atoms with E-state index in [4.69, 9.17) is 14.6 Å². The molecule has 1 fully saturated rings. The summed E-state index contributed by atoms with van der Waals surface area (Å²) in [5.41, 5.74) is 2.16. The van der Waals surface area contributed by atoms with Crippen molar-refractivity contribution in [1.82, 2.24) is 19.9 Å². The highest BCUT2D eigenvalue weighted by Crippen LogP contribution is 2.32. The standard InChI is InChI=1S/C18H20N4O3S/c1-13-4-3-5-14(10-13)17-19-16(11-15-6-8-25-21-15)22(20-17)18(2)7-9-26(23,24)12-18/h3-6,8,10H,7,9,11-12H2,1-2H3. The number of aromatic nitrogens is 4. The quantitative estimate of drug-likeness (QED) is 0.698. The number of benzene rings is 1. The van der Waals surface area contributed by atoms with E-state index in [1.54, 1.807) is 10.7 Å². The fourth-order valence-electron chi connectivity index (χ4n) is 3.45. The SMILES string of the molecule is Cc1cccc(-c2nc(Cc3ccon3)n(C3(C)CCS(=O)(=O)C3)n2)c1. The van der Waals surface area contributed by atoms with Crippen molar-refractivity contribution in [3.8, 4) is 11.4 Å². The Balaban J connectivity index is 1.80. The van der Waals surface area contributed by atoms with E-state index < -0.39 is 15.4 Å². The van der Waals surface area contributed by atoms with Gasteiger partial charge in [-0.3, -0.25) is 0 Å². The van der Waals surface area contributed by atoms with Gasteiger partial charge in [0.05, 0.1) is 29.2 Å². The molecule has 26 heavy (non-hydrogen) atoms. The first-order chi connectivity index (χ1) is 12.3. The molecular weight excluding hydrogens is 352 g/mol. The zero-order chi connectivity index (χ0) is 18.4. The van der Waals surface area contributed by atoms with Crippen LogP contribution < -0.4 is 0 Å². The fraction of sp³-hybridized carbons (Fsp3) is 0.389. The molecule has 3 heterocycles. The molecule has 1 atom stereocenters. The minimum Gasteiger partial charge on any atom is -0.364 e. The highest BCUT2D eigenvalue weighted by Gasteiger charge is 2.42. The van der Waals surface area contributed by atoms with Crippen LogP contribution in [0.1, 0.15) is 30.4 Å². The Bertz CT molecular complexity index is 1040. The summed E-state index contributed by atoms with van der Waals surface area (Å²) in [5.74, 6) is 1.53. The maximum atomic E-state index is 12.1. The van der Waals surface area contributed by atoms with E-state index in [1.165, 1.54) is 6.26 Å². The van der Waals surface area contributed by atoms with Crippen molar-refractivity contribution in [3.05, 3.63) is 53.7 Å². The number of sulfone groups is 1. The maximum Gasteiger partial charge on any atom is 0.181 e. The van der Waals surface area contributed by atoms with E-state index in [9.17, 15) is 8.42 Å². The van der Waals surface area contributed by atoms with Crippen molar-refractivity contribution >= 4 is 9.84 Å². The van der Waals surface area contributed by atoms with Crippen molar-refractivity contribution in [1.29, 1.82) is 0 Å². The summed E-state index contributed by atoms with van der Waals surface area (Å²) in [7, 11) is -3.07. The highest BCUT2D eigenvalue weighted by atomic mass is 32.2. The van der Waals surface area contributed by atoms with Gasteiger partial charge in [-0.05, 0) is 26.3 Å². The number of nitrogens with zero attached hydrogens (tertiary/aromatic N) is 4. The molecule has 0 radical (unpaired) electrons. The van der Waals surface area contributed by atoms with Crippen LogP contribution in [-0.4, -0.2) is 39.8 Å². The molecule has 3 aromatic rings. The fourth-order valence-corrected chi connectivity index (χ4v) is 5.56. The van der Waals surface area contributed by atoms with Crippen LogP contribution in [0.3, 0.4) is 0 Å². The van der Waals surface area contributed by atoms with Crippen LogP contribution in [0, 0.1) is 6.92 Å². The van der Waals surface area contributed by atoms with E-state index in [0.717, 1.165) is 16.8 Å². The zero-order valence-electron chi connectivity index (χ0n) is 14.7. The average molecular weight is 372 g/mol. The van der Waals surface area contributed by atoms with Crippen LogP contribution in [-0.2, 0) is 21.8 Å². The van der Waals surface area contributed by atoms with Gasteiger partial charge in [-0.1, -0.05) is 28.9 Å². The van der Waals surface area contributed by atoms with Crippen LogP contribution in [0.15, 0.2) is 41.1 Å². The normalized spacial score (nSPS) is 21.9. The molecule has 0 N–H and O–H groups in total. The summed E-state index contributed by atoms with van der Waals surface area (Å²) < 4.78 is 30.9. The maximum absolute atomic E-state index is 12.1. The Morgan fingerprint density at radius 3 is 2.81 bits per heavy atom. The second-order valence-corrected chi connectivity index (χ2v) is 9.32. The number of hydrogen-bond donors (Lipinski definition) is 0. The monoisotopic (exact) mass is 372 g/mol. The van der Waals surface area contributed by atoms with Gasteiger partial charge in [0.25, 0.3) is 0 Å². The molecule has 8 heteroatoms. The molecule has 1 aliphatic heterocycles. The summed E-state index contributed by atoms with van der Waals surface area (Å²) in [6.45, 7) is 3.94. The molecule has 0 bridgehead atoms. The minimum atomic E-state index is -3.07. The molecule has 0 amide bonds. The van der Waals surface area contributed by atoms with Gasteiger partial charge in [0.2, 0.25) is 0 Å². The minimum absolute atomic E-state index is 0.0719. The second kappa shape index (κ2) is 6.05.